The molecule has 0 aliphatic carbocycles. The average molecular weight is 221 g/mol. The number of likely N-dealkylation sites (tertiary alicyclic amines) is 1. The maximum atomic E-state index is 5.02. The highest BCUT2D eigenvalue weighted by Gasteiger charge is 2.20. The Morgan fingerprint density at radius 1 is 1.38 bits per heavy atom. The lowest BCUT2D eigenvalue weighted by molar-refractivity contribution is 0.254. The van der Waals surface area contributed by atoms with E-state index in [0.717, 1.165) is 18.8 Å². The summed E-state index contributed by atoms with van der Waals surface area (Å²) in [4.78, 5) is 10.9. The molecule has 0 saturated carbocycles. The van der Waals surface area contributed by atoms with Crippen LogP contribution in [0.1, 0.15) is 30.0 Å². The molecule has 0 unspecified atom stereocenters. The molecule has 0 aromatic carbocycles. The molecule has 0 amide bonds. The van der Waals surface area contributed by atoms with Gasteiger partial charge in [-0.3, -0.25) is 0 Å². The van der Waals surface area contributed by atoms with Crippen LogP contribution in [0.25, 0.3) is 0 Å². The third-order valence-electron chi connectivity index (χ3n) is 3.34. The molecule has 1 aromatic rings. The van der Waals surface area contributed by atoms with Crippen molar-refractivity contribution in [2.45, 2.75) is 25.7 Å². The lowest BCUT2D eigenvalue weighted by atomic mass is 9.90. The summed E-state index contributed by atoms with van der Waals surface area (Å²) in [6.45, 7) is 4.37. The molecular formula is C12H19N3O. The molecule has 16 heavy (non-hydrogen) atoms. The van der Waals surface area contributed by atoms with E-state index in [1.54, 1.807) is 7.11 Å². The van der Waals surface area contributed by atoms with E-state index in [9.17, 15) is 0 Å². The Balaban J connectivity index is 2.14. The number of ether oxygens (including phenoxy) is 1. The lowest BCUT2D eigenvalue weighted by Crippen LogP contribution is -2.29. The first kappa shape index (κ1) is 11.3. The Morgan fingerprint density at radius 3 is 2.62 bits per heavy atom. The second-order valence-electron chi connectivity index (χ2n) is 4.48. The van der Waals surface area contributed by atoms with Crippen molar-refractivity contribution in [3.05, 3.63) is 17.5 Å². The van der Waals surface area contributed by atoms with E-state index in [2.05, 4.69) is 21.9 Å². The van der Waals surface area contributed by atoms with Crippen LogP contribution in [0.2, 0.25) is 0 Å². The summed E-state index contributed by atoms with van der Waals surface area (Å²) in [7, 11) is 3.78. The summed E-state index contributed by atoms with van der Waals surface area (Å²) in [5.74, 6) is 0.613. The third-order valence-corrected chi connectivity index (χ3v) is 3.34. The van der Waals surface area contributed by atoms with E-state index in [1.165, 1.54) is 18.4 Å². The molecule has 1 saturated heterocycles. The van der Waals surface area contributed by atoms with Crippen molar-refractivity contribution in [3.8, 4) is 6.01 Å². The minimum absolute atomic E-state index is 0.467. The van der Waals surface area contributed by atoms with Crippen molar-refractivity contribution in [1.82, 2.24) is 14.9 Å². The topological polar surface area (TPSA) is 38.2 Å². The molecule has 0 atom stereocenters. The van der Waals surface area contributed by atoms with E-state index in [4.69, 9.17) is 4.74 Å². The summed E-state index contributed by atoms with van der Waals surface area (Å²) < 4.78 is 5.02. The number of hydrogen-bond donors (Lipinski definition) is 0. The fourth-order valence-corrected chi connectivity index (χ4v) is 2.27. The van der Waals surface area contributed by atoms with Crippen molar-refractivity contribution < 1.29 is 4.74 Å². The van der Waals surface area contributed by atoms with Crippen LogP contribution in [0.3, 0.4) is 0 Å². The standard InChI is InChI=1S/C12H19N3O/c1-9-11(8-13-12(14-9)16-3)10-4-6-15(2)7-5-10/h8,10H,4-7H2,1-3H3. The van der Waals surface area contributed by atoms with Gasteiger partial charge in [0, 0.05) is 11.9 Å². The SMILES string of the molecule is COc1ncc(C2CCN(C)CC2)c(C)n1. The van der Waals surface area contributed by atoms with E-state index >= 15 is 0 Å². The third kappa shape index (κ3) is 2.32. The Bertz CT molecular complexity index is 359. The predicted octanol–water partition coefficient (Wildman–Crippen LogP) is 1.60. The number of methoxy groups -OCH3 is 1. The highest BCUT2D eigenvalue weighted by molar-refractivity contribution is 5.22. The molecule has 4 heteroatoms. The molecule has 2 rings (SSSR count). The van der Waals surface area contributed by atoms with Crippen molar-refractivity contribution in [3.63, 3.8) is 0 Å². The van der Waals surface area contributed by atoms with E-state index in [-0.39, 0.29) is 0 Å². The number of nitrogens with zero attached hydrogens (tertiary/aromatic N) is 3. The van der Waals surface area contributed by atoms with E-state index in [1.807, 2.05) is 13.1 Å². The van der Waals surface area contributed by atoms with Crippen LogP contribution in [-0.4, -0.2) is 42.1 Å². The van der Waals surface area contributed by atoms with E-state index < -0.39 is 0 Å². The van der Waals surface area contributed by atoms with Gasteiger partial charge in [-0.1, -0.05) is 0 Å². The molecule has 1 aliphatic heterocycles. The summed E-state index contributed by atoms with van der Waals surface area (Å²) in [5, 5.41) is 0. The van der Waals surface area contributed by atoms with Gasteiger partial charge in [0.1, 0.15) is 0 Å². The molecule has 88 valence electrons. The normalized spacial score (nSPS) is 18.7. The Hall–Kier alpha value is -1.16. The van der Waals surface area contributed by atoms with Gasteiger partial charge in [0.05, 0.1) is 7.11 Å². The van der Waals surface area contributed by atoms with Gasteiger partial charge in [-0.2, -0.15) is 0 Å². The number of hydrogen-bond acceptors (Lipinski definition) is 4. The maximum Gasteiger partial charge on any atom is 0.316 e. The van der Waals surface area contributed by atoms with Gasteiger partial charge in [0.2, 0.25) is 0 Å². The predicted molar refractivity (Wildman–Crippen MR) is 62.8 cm³/mol. The first-order valence-corrected chi connectivity index (χ1v) is 5.76. The van der Waals surface area contributed by atoms with Crippen LogP contribution in [-0.2, 0) is 0 Å². The minimum atomic E-state index is 0.467. The largest absolute Gasteiger partial charge is 0.467 e. The highest BCUT2D eigenvalue weighted by atomic mass is 16.5. The molecule has 2 heterocycles. The fraction of sp³-hybridized carbons (Fsp3) is 0.667. The zero-order valence-corrected chi connectivity index (χ0v) is 10.2. The number of aryl methyl sites for hydroxylation is 1. The average Bonchev–Trinajstić information content (AvgIpc) is 2.30. The van der Waals surface area contributed by atoms with Gasteiger partial charge in [0.25, 0.3) is 0 Å². The molecule has 1 aromatic heterocycles. The van der Waals surface area contributed by atoms with Gasteiger partial charge in [-0.25, -0.2) is 9.97 Å². The van der Waals surface area contributed by atoms with Crippen molar-refractivity contribution in [2.24, 2.45) is 0 Å². The molecule has 1 fully saturated rings. The molecule has 0 bridgehead atoms. The second-order valence-corrected chi connectivity index (χ2v) is 4.48. The monoisotopic (exact) mass is 221 g/mol. The Labute approximate surface area is 96.7 Å². The van der Waals surface area contributed by atoms with Crippen LogP contribution < -0.4 is 4.74 Å². The van der Waals surface area contributed by atoms with Gasteiger partial charge >= 0.3 is 6.01 Å². The zero-order valence-electron chi connectivity index (χ0n) is 10.2. The molecular weight excluding hydrogens is 202 g/mol. The summed E-state index contributed by atoms with van der Waals surface area (Å²) in [5.41, 5.74) is 2.34. The maximum absolute atomic E-state index is 5.02. The highest BCUT2D eigenvalue weighted by Crippen LogP contribution is 2.29. The summed E-state index contributed by atoms with van der Waals surface area (Å²) in [6, 6.07) is 0.467. The fourth-order valence-electron chi connectivity index (χ4n) is 2.27. The quantitative estimate of drug-likeness (QED) is 0.760. The Morgan fingerprint density at radius 2 is 2.06 bits per heavy atom. The van der Waals surface area contributed by atoms with Gasteiger partial charge in [-0.15, -0.1) is 0 Å². The first-order chi connectivity index (χ1) is 7.70. The van der Waals surface area contributed by atoms with Crippen LogP contribution in [0, 0.1) is 6.92 Å². The van der Waals surface area contributed by atoms with Crippen molar-refractivity contribution in [2.75, 3.05) is 27.2 Å². The van der Waals surface area contributed by atoms with Crippen LogP contribution in [0.15, 0.2) is 6.20 Å². The summed E-state index contributed by atoms with van der Waals surface area (Å²) in [6.07, 6.45) is 4.33. The minimum Gasteiger partial charge on any atom is -0.467 e. The Kier molecular flexibility index (Phi) is 3.39. The van der Waals surface area contributed by atoms with Crippen molar-refractivity contribution in [1.29, 1.82) is 0 Å². The van der Waals surface area contributed by atoms with Crippen LogP contribution >= 0.6 is 0 Å². The van der Waals surface area contributed by atoms with Gasteiger partial charge in [-0.05, 0) is 51.4 Å². The number of aromatic nitrogens is 2. The van der Waals surface area contributed by atoms with Gasteiger partial charge in [0.15, 0.2) is 0 Å². The lowest BCUT2D eigenvalue weighted by Gasteiger charge is -2.29. The molecule has 0 N–H and O–H groups in total. The van der Waals surface area contributed by atoms with Gasteiger partial charge < -0.3 is 9.64 Å². The van der Waals surface area contributed by atoms with Crippen LogP contribution in [0.4, 0.5) is 0 Å². The number of rotatable bonds is 2. The first-order valence-electron chi connectivity index (χ1n) is 5.76. The zero-order chi connectivity index (χ0) is 11.5. The smallest absolute Gasteiger partial charge is 0.316 e. The van der Waals surface area contributed by atoms with Crippen molar-refractivity contribution >= 4 is 0 Å². The number of piperidine rings is 1. The second kappa shape index (κ2) is 4.78. The van der Waals surface area contributed by atoms with Crippen LogP contribution in [0.5, 0.6) is 6.01 Å². The molecule has 0 radical (unpaired) electrons. The molecule has 4 nitrogen and oxygen atoms in total. The molecule has 0 spiro atoms. The summed E-state index contributed by atoms with van der Waals surface area (Å²) >= 11 is 0. The molecule has 1 aliphatic rings. The van der Waals surface area contributed by atoms with E-state index in [0.29, 0.717) is 11.9 Å².